The van der Waals surface area contributed by atoms with Gasteiger partial charge >= 0.3 is 5.69 Å². The number of amides is 1. The molecule has 3 heterocycles. The van der Waals surface area contributed by atoms with Crippen molar-refractivity contribution < 1.29 is 4.79 Å². The van der Waals surface area contributed by atoms with Crippen molar-refractivity contribution >= 4 is 29.5 Å². The molecule has 9 nitrogen and oxygen atoms in total. The number of hydrogen-bond donors (Lipinski definition) is 1. The summed E-state index contributed by atoms with van der Waals surface area (Å²) in [5, 5.41) is 3.23. The van der Waals surface area contributed by atoms with Gasteiger partial charge in [0, 0.05) is 39.8 Å². The Morgan fingerprint density at radius 3 is 2.71 bits per heavy atom. The zero-order valence-corrected chi connectivity index (χ0v) is 14.7. The molecule has 0 bridgehead atoms. The fraction of sp³-hybridized carbons (Fsp3) is 0.571. The summed E-state index contributed by atoms with van der Waals surface area (Å²) in [4.78, 5) is 42.7. The molecule has 2 aromatic heterocycles. The maximum Gasteiger partial charge on any atom is 0.332 e. The minimum absolute atomic E-state index is 0. The molecule has 1 saturated heterocycles. The van der Waals surface area contributed by atoms with Crippen molar-refractivity contribution in [3.8, 4) is 0 Å². The van der Waals surface area contributed by atoms with Gasteiger partial charge in [-0.1, -0.05) is 0 Å². The molecule has 0 spiro atoms. The SMILES string of the molecule is CC1CNCCN1C(=O)Cn1cnc2c1c(=O)n(C)c(=O)n2C.Cl. The van der Waals surface area contributed by atoms with E-state index in [9.17, 15) is 14.4 Å². The maximum atomic E-state index is 12.5. The van der Waals surface area contributed by atoms with Gasteiger partial charge in [-0.2, -0.15) is 0 Å². The van der Waals surface area contributed by atoms with Crippen LogP contribution in [0.5, 0.6) is 0 Å². The van der Waals surface area contributed by atoms with E-state index in [-0.39, 0.29) is 36.4 Å². The summed E-state index contributed by atoms with van der Waals surface area (Å²) < 4.78 is 3.86. The lowest BCUT2D eigenvalue weighted by atomic mass is 10.2. The van der Waals surface area contributed by atoms with E-state index in [1.54, 1.807) is 11.9 Å². The number of carbonyl (C=O) groups excluding carboxylic acids is 1. The molecule has 1 unspecified atom stereocenters. The first-order chi connectivity index (χ1) is 10.9. The standard InChI is InChI=1S/C14H20N6O3.ClH/c1-9-6-15-4-5-20(9)10(21)7-19-8-16-12-11(19)13(22)18(3)14(23)17(12)2;/h8-9,15H,4-7H2,1-3H3;1H. The second-order valence-electron chi connectivity index (χ2n) is 5.89. The largest absolute Gasteiger partial charge is 0.336 e. The molecule has 1 fully saturated rings. The number of nitrogens with one attached hydrogen (secondary N) is 1. The third-order valence-corrected chi connectivity index (χ3v) is 4.34. The summed E-state index contributed by atoms with van der Waals surface area (Å²) in [6, 6.07) is 0.109. The van der Waals surface area contributed by atoms with E-state index in [4.69, 9.17) is 0 Å². The van der Waals surface area contributed by atoms with Crippen LogP contribution in [0, 0.1) is 0 Å². The van der Waals surface area contributed by atoms with Gasteiger partial charge in [-0.3, -0.25) is 18.7 Å². The number of rotatable bonds is 2. The zero-order valence-electron chi connectivity index (χ0n) is 13.9. The number of hydrogen-bond acceptors (Lipinski definition) is 5. The van der Waals surface area contributed by atoms with E-state index in [0.29, 0.717) is 12.2 Å². The molecule has 3 rings (SSSR count). The second-order valence-corrected chi connectivity index (χ2v) is 5.89. The molecule has 0 aliphatic carbocycles. The highest BCUT2D eigenvalue weighted by Crippen LogP contribution is 2.09. The molecule has 1 N–H and O–H groups in total. The van der Waals surface area contributed by atoms with Crippen LogP contribution in [0.25, 0.3) is 11.2 Å². The lowest BCUT2D eigenvalue weighted by molar-refractivity contribution is -0.134. The van der Waals surface area contributed by atoms with Gasteiger partial charge in [-0.15, -0.1) is 12.4 Å². The van der Waals surface area contributed by atoms with E-state index in [0.717, 1.165) is 17.7 Å². The summed E-state index contributed by atoms with van der Waals surface area (Å²) in [5.74, 6) is -0.0609. The van der Waals surface area contributed by atoms with Crippen molar-refractivity contribution in [1.29, 1.82) is 0 Å². The number of halogens is 1. The van der Waals surface area contributed by atoms with Gasteiger partial charge in [0.2, 0.25) is 5.91 Å². The summed E-state index contributed by atoms with van der Waals surface area (Å²) in [7, 11) is 2.98. The second kappa shape index (κ2) is 6.78. The summed E-state index contributed by atoms with van der Waals surface area (Å²) >= 11 is 0. The van der Waals surface area contributed by atoms with Gasteiger partial charge in [0.1, 0.15) is 6.54 Å². The predicted molar refractivity (Wildman–Crippen MR) is 91.5 cm³/mol. The van der Waals surface area contributed by atoms with Crippen molar-refractivity contribution in [3.05, 3.63) is 27.2 Å². The predicted octanol–water partition coefficient (Wildman–Crippen LogP) is -1.32. The molecule has 1 amide bonds. The number of nitrogens with zero attached hydrogens (tertiary/aromatic N) is 5. The molecule has 0 aromatic carbocycles. The molecule has 1 atom stereocenters. The van der Waals surface area contributed by atoms with Gasteiger partial charge in [0.25, 0.3) is 5.56 Å². The fourth-order valence-electron chi connectivity index (χ4n) is 2.96. The van der Waals surface area contributed by atoms with Crippen LogP contribution in [0.2, 0.25) is 0 Å². The van der Waals surface area contributed by atoms with Crippen LogP contribution < -0.4 is 16.6 Å². The molecule has 24 heavy (non-hydrogen) atoms. The highest BCUT2D eigenvalue weighted by molar-refractivity contribution is 5.85. The third kappa shape index (κ3) is 2.84. The van der Waals surface area contributed by atoms with Crippen LogP contribution in [0.15, 0.2) is 15.9 Å². The number of fused-ring (bicyclic) bond motifs is 1. The number of imidazole rings is 1. The molecule has 2 aromatic rings. The Morgan fingerprint density at radius 1 is 1.33 bits per heavy atom. The number of piperazine rings is 1. The molecular formula is C14H21ClN6O3. The highest BCUT2D eigenvalue weighted by Gasteiger charge is 2.24. The van der Waals surface area contributed by atoms with Crippen LogP contribution in [0.3, 0.4) is 0 Å². The average Bonchev–Trinajstić information content (AvgIpc) is 2.95. The minimum atomic E-state index is -0.443. The average molecular weight is 357 g/mol. The lowest BCUT2D eigenvalue weighted by Gasteiger charge is -2.34. The van der Waals surface area contributed by atoms with Crippen LogP contribution in [0.1, 0.15) is 6.92 Å². The van der Waals surface area contributed by atoms with Gasteiger partial charge < -0.3 is 14.8 Å². The van der Waals surface area contributed by atoms with E-state index < -0.39 is 11.2 Å². The Bertz CT molecular complexity index is 883. The van der Waals surface area contributed by atoms with Gasteiger partial charge in [0.05, 0.1) is 6.33 Å². The quantitative estimate of drug-likeness (QED) is 0.720. The summed E-state index contributed by atoms with van der Waals surface area (Å²) in [6.45, 7) is 4.18. The van der Waals surface area contributed by atoms with Crippen LogP contribution in [-0.2, 0) is 25.4 Å². The molecule has 10 heteroatoms. The van der Waals surface area contributed by atoms with Crippen LogP contribution in [0.4, 0.5) is 0 Å². The Hall–Kier alpha value is -2.13. The first kappa shape index (κ1) is 18.2. The highest BCUT2D eigenvalue weighted by atomic mass is 35.5. The number of aryl methyl sites for hydroxylation is 1. The van der Waals surface area contributed by atoms with Crippen LogP contribution in [-0.4, -0.2) is 55.2 Å². The number of aromatic nitrogens is 4. The first-order valence-electron chi connectivity index (χ1n) is 7.53. The Morgan fingerprint density at radius 2 is 2.04 bits per heavy atom. The normalized spacial score (nSPS) is 17.8. The zero-order chi connectivity index (χ0) is 16.7. The van der Waals surface area contributed by atoms with Crippen molar-refractivity contribution in [2.24, 2.45) is 14.1 Å². The Labute approximate surface area is 144 Å². The number of carbonyl (C=O) groups is 1. The Balaban J connectivity index is 0.00000208. The Kier molecular flexibility index (Phi) is 5.14. The molecular weight excluding hydrogens is 336 g/mol. The summed E-state index contributed by atoms with van der Waals surface area (Å²) in [5.41, 5.74) is -0.318. The van der Waals surface area contributed by atoms with Gasteiger partial charge in [-0.25, -0.2) is 9.78 Å². The van der Waals surface area contributed by atoms with Crippen molar-refractivity contribution in [3.63, 3.8) is 0 Å². The smallest absolute Gasteiger partial charge is 0.332 e. The summed E-state index contributed by atoms with van der Waals surface area (Å²) in [6.07, 6.45) is 1.44. The minimum Gasteiger partial charge on any atom is -0.336 e. The lowest BCUT2D eigenvalue weighted by Crippen LogP contribution is -2.53. The maximum absolute atomic E-state index is 12.5. The van der Waals surface area contributed by atoms with Crippen molar-refractivity contribution in [1.82, 2.24) is 28.9 Å². The van der Waals surface area contributed by atoms with Crippen molar-refractivity contribution in [2.75, 3.05) is 19.6 Å². The van der Waals surface area contributed by atoms with Crippen LogP contribution >= 0.6 is 12.4 Å². The first-order valence-corrected chi connectivity index (χ1v) is 7.53. The van der Waals surface area contributed by atoms with Gasteiger partial charge in [0.15, 0.2) is 11.2 Å². The topological polar surface area (TPSA) is 94.2 Å². The van der Waals surface area contributed by atoms with E-state index >= 15 is 0 Å². The molecule has 0 saturated carbocycles. The van der Waals surface area contributed by atoms with Gasteiger partial charge in [-0.05, 0) is 6.92 Å². The van der Waals surface area contributed by atoms with E-state index in [2.05, 4.69) is 10.3 Å². The van der Waals surface area contributed by atoms with Crippen molar-refractivity contribution in [2.45, 2.75) is 19.5 Å². The third-order valence-electron chi connectivity index (χ3n) is 4.34. The molecule has 1 aliphatic heterocycles. The fourth-order valence-corrected chi connectivity index (χ4v) is 2.96. The van der Waals surface area contributed by atoms with E-state index in [1.807, 2.05) is 6.92 Å². The molecule has 1 aliphatic rings. The monoisotopic (exact) mass is 356 g/mol. The molecule has 132 valence electrons. The van der Waals surface area contributed by atoms with E-state index in [1.165, 1.54) is 22.5 Å². The molecule has 0 radical (unpaired) electrons.